The lowest BCUT2D eigenvalue weighted by atomic mass is 9.97. The van der Waals surface area contributed by atoms with E-state index in [4.69, 9.17) is 0 Å². The third-order valence-electron chi connectivity index (χ3n) is 4.72. The fraction of sp³-hybridized carbons (Fsp3) is 0.600. The number of amides is 3. The van der Waals surface area contributed by atoms with Crippen LogP contribution in [0, 0.1) is 5.92 Å². The van der Waals surface area contributed by atoms with Crippen molar-refractivity contribution in [3.05, 3.63) is 35.9 Å². The highest BCUT2D eigenvalue weighted by molar-refractivity contribution is 5.80. The Morgan fingerprint density at radius 3 is 2.73 bits per heavy atom. The Bertz CT molecular complexity index is 564. The molecule has 1 unspecified atom stereocenters. The van der Waals surface area contributed by atoms with Gasteiger partial charge in [-0.3, -0.25) is 4.79 Å². The number of benzene rings is 1. The van der Waals surface area contributed by atoms with Gasteiger partial charge in [-0.25, -0.2) is 4.79 Å². The number of urea groups is 1. The van der Waals surface area contributed by atoms with Gasteiger partial charge in [0.1, 0.15) is 0 Å². The normalized spacial score (nSPS) is 17.2. The minimum atomic E-state index is -0.0774. The highest BCUT2D eigenvalue weighted by atomic mass is 16.2. The van der Waals surface area contributed by atoms with Gasteiger partial charge in [-0.1, -0.05) is 30.3 Å². The summed E-state index contributed by atoms with van der Waals surface area (Å²) in [5.74, 6) is -0.0148. The molecule has 0 radical (unpaired) electrons. The lowest BCUT2D eigenvalue weighted by Gasteiger charge is -2.32. The summed E-state index contributed by atoms with van der Waals surface area (Å²) in [6.07, 6.45) is 2.65. The van der Waals surface area contributed by atoms with E-state index in [0.717, 1.165) is 38.9 Å². The standard InChI is InChI=1S/C20H32N4O2/c1-3-21-19(25)18-11-7-14-24(16-18)20(26)22-12-8-13-23(2)15-17-9-5-4-6-10-17/h4-6,9-10,18H,3,7-8,11-16H2,1-2H3,(H,21,25)(H,22,26). The molecule has 2 N–H and O–H groups in total. The predicted octanol–water partition coefficient (Wildman–Crippen LogP) is 2.07. The molecule has 1 fully saturated rings. The van der Waals surface area contributed by atoms with E-state index in [1.165, 1.54) is 5.56 Å². The second kappa shape index (κ2) is 10.8. The number of carbonyl (C=O) groups excluding carboxylic acids is 2. The van der Waals surface area contributed by atoms with Crippen molar-refractivity contribution < 1.29 is 9.59 Å². The van der Waals surface area contributed by atoms with Gasteiger partial charge in [0.25, 0.3) is 0 Å². The molecule has 26 heavy (non-hydrogen) atoms. The minimum Gasteiger partial charge on any atom is -0.356 e. The molecule has 2 rings (SSSR count). The van der Waals surface area contributed by atoms with E-state index >= 15 is 0 Å². The third-order valence-corrected chi connectivity index (χ3v) is 4.72. The van der Waals surface area contributed by atoms with Gasteiger partial charge in [0, 0.05) is 32.7 Å². The van der Waals surface area contributed by atoms with Crippen molar-refractivity contribution in [3.63, 3.8) is 0 Å². The molecule has 1 atom stereocenters. The van der Waals surface area contributed by atoms with E-state index in [1.54, 1.807) is 4.90 Å². The Morgan fingerprint density at radius 1 is 1.23 bits per heavy atom. The Kier molecular flexibility index (Phi) is 8.41. The predicted molar refractivity (Wildman–Crippen MR) is 104 cm³/mol. The number of hydrogen-bond donors (Lipinski definition) is 2. The molecule has 1 aromatic rings. The van der Waals surface area contributed by atoms with Crippen LogP contribution in [0.1, 0.15) is 31.7 Å². The third kappa shape index (κ3) is 6.67. The highest BCUT2D eigenvalue weighted by Crippen LogP contribution is 2.16. The van der Waals surface area contributed by atoms with Crippen molar-refractivity contribution in [1.29, 1.82) is 0 Å². The molecule has 0 aromatic heterocycles. The van der Waals surface area contributed by atoms with Gasteiger partial charge in [-0.15, -0.1) is 0 Å². The van der Waals surface area contributed by atoms with Crippen LogP contribution in [0.2, 0.25) is 0 Å². The maximum absolute atomic E-state index is 12.3. The van der Waals surface area contributed by atoms with Crippen LogP contribution < -0.4 is 10.6 Å². The van der Waals surface area contributed by atoms with Crippen molar-refractivity contribution in [2.75, 3.05) is 39.8 Å². The molecule has 1 aliphatic rings. The Balaban J connectivity index is 1.64. The van der Waals surface area contributed by atoms with Gasteiger partial charge in [-0.05, 0) is 45.3 Å². The molecule has 0 spiro atoms. The summed E-state index contributed by atoms with van der Waals surface area (Å²) in [6, 6.07) is 10.3. The second-order valence-electron chi connectivity index (χ2n) is 6.99. The average Bonchev–Trinajstić information content (AvgIpc) is 2.66. The number of piperidine rings is 1. The molecule has 1 aliphatic heterocycles. The van der Waals surface area contributed by atoms with Gasteiger partial charge in [0.05, 0.1) is 5.92 Å². The monoisotopic (exact) mass is 360 g/mol. The van der Waals surface area contributed by atoms with Crippen molar-refractivity contribution in [1.82, 2.24) is 20.4 Å². The van der Waals surface area contributed by atoms with Crippen LogP contribution in [0.4, 0.5) is 4.79 Å². The van der Waals surface area contributed by atoms with Crippen LogP contribution in [-0.2, 0) is 11.3 Å². The zero-order chi connectivity index (χ0) is 18.8. The fourth-order valence-corrected chi connectivity index (χ4v) is 3.32. The fourth-order valence-electron chi connectivity index (χ4n) is 3.32. The molecule has 3 amide bonds. The quantitative estimate of drug-likeness (QED) is 0.698. The molecule has 144 valence electrons. The Labute approximate surface area is 156 Å². The molecular weight excluding hydrogens is 328 g/mol. The smallest absolute Gasteiger partial charge is 0.317 e. The molecule has 0 aliphatic carbocycles. The van der Waals surface area contributed by atoms with E-state index < -0.39 is 0 Å². The lowest BCUT2D eigenvalue weighted by molar-refractivity contribution is -0.126. The van der Waals surface area contributed by atoms with E-state index in [2.05, 4.69) is 46.8 Å². The van der Waals surface area contributed by atoms with Gasteiger partial charge in [0.2, 0.25) is 5.91 Å². The molecular formula is C20H32N4O2. The summed E-state index contributed by atoms with van der Waals surface area (Å²) in [5.41, 5.74) is 1.30. The van der Waals surface area contributed by atoms with Crippen LogP contribution in [-0.4, -0.2) is 61.5 Å². The minimum absolute atomic E-state index is 0.0512. The first kappa shape index (κ1) is 20.2. The number of nitrogens with one attached hydrogen (secondary N) is 2. The summed E-state index contributed by atoms with van der Waals surface area (Å²) in [6.45, 7) is 6.30. The molecule has 1 heterocycles. The lowest BCUT2D eigenvalue weighted by Crippen LogP contribution is -2.49. The van der Waals surface area contributed by atoms with E-state index in [0.29, 0.717) is 19.6 Å². The van der Waals surface area contributed by atoms with Crippen molar-refractivity contribution in [2.45, 2.75) is 32.7 Å². The van der Waals surface area contributed by atoms with E-state index in [1.807, 2.05) is 13.0 Å². The van der Waals surface area contributed by atoms with Crippen molar-refractivity contribution in [3.8, 4) is 0 Å². The average molecular weight is 361 g/mol. The van der Waals surface area contributed by atoms with Crippen molar-refractivity contribution in [2.24, 2.45) is 5.92 Å². The largest absolute Gasteiger partial charge is 0.356 e. The number of carbonyl (C=O) groups is 2. The van der Waals surface area contributed by atoms with Crippen LogP contribution in [0.3, 0.4) is 0 Å². The number of rotatable bonds is 8. The van der Waals surface area contributed by atoms with E-state index in [-0.39, 0.29) is 17.9 Å². The molecule has 1 aromatic carbocycles. The zero-order valence-corrected chi connectivity index (χ0v) is 16.0. The van der Waals surface area contributed by atoms with Crippen LogP contribution in [0.25, 0.3) is 0 Å². The summed E-state index contributed by atoms with van der Waals surface area (Å²) < 4.78 is 0. The summed E-state index contributed by atoms with van der Waals surface area (Å²) in [4.78, 5) is 28.3. The van der Waals surface area contributed by atoms with Crippen LogP contribution in [0.15, 0.2) is 30.3 Å². The summed E-state index contributed by atoms with van der Waals surface area (Å²) in [5, 5.41) is 5.85. The first-order chi connectivity index (χ1) is 12.6. The molecule has 6 nitrogen and oxygen atoms in total. The number of hydrogen-bond acceptors (Lipinski definition) is 3. The van der Waals surface area contributed by atoms with E-state index in [9.17, 15) is 9.59 Å². The van der Waals surface area contributed by atoms with Crippen LogP contribution >= 0.6 is 0 Å². The van der Waals surface area contributed by atoms with Gasteiger partial charge < -0.3 is 20.4 Å². The maximum atomic E-state index is 12.3. The Morgan fingerprint density at radius 2 is 2.00 bits per heavy atom. The van der Waals surface area contributed by atoms with Gasteiger partial charge in [-0.2, -0.15) is 0 Å². The zero-order valence-electron chi connectivity index (χ0n) is 16.0. The molecule has 6 heteroatoms. The van der Waals surface area contributed by atoms with Gasteiger partial charge in [0.15, 0.2) is 0 Å². The summed E-state index contributed by atoms with van der Waals surface area (Å²) in [7, 11) is 2.09. The second-order valence-corrected chi connectivity index (χ2v) is 6.99. The van der Waals surface area contributed by atoms with Gasteiger partial charge >= 0.3 is 6.03 Å². The molecule has 0 saturated carbocycles. The van der Waals surface area contributed by atoms with Crippen LogP contribution in [0.5, 0.6) is 0 Å². The number of likely N-dealkylation sites (tertiary alicyclic amines) is 1. The first-order valence-corrected chi connectivity index (χ1v) is 9.63. The highest BCUT2D eigenvalue weighted by Gasteiger charge is 2.27. The summed E-state index contributed by atoms with van der Waals surface area (Å²) >= 11 is 0. The Hall–Kier alpha value is -2.08. The topological polar surface area (TPSA) is 64.7 Å². The van der Waals surface area contributed by atoms with Crippen molar-refractivity contribution >= 4 is 11.9 Å². The molecule has 0 bridgehead atoms. The SMILES string of the molecule is CCNC(=O)C1CCCN(C(=O)NCCCN(C)Cc2ccccc2)C1. The molecule has 1 saturated heterocycles. The maximum Gasteiger partial charge on any atom is 0.317 e. The number of nitrogens with zero attached hydrogens (tertiary/aromatic N) is 2. The first-order valence-electron chi connectivity index (χ1n) is 9.63.